The molecule has 0 fully saturated rings. The van der Waals surface area contributed by atoms with Gasteiger partial charge in [-0.25, -0.2) is 0 Å². The van der Waals surface area contributed by atoms with Crippen molar-refractivity contribution >= 4 is 11.9 Å². The first kappa shape index (κ1) is 19.4. The van der Waals surface area contributed by atoms with Crippen LogP contribution < -0.4 is 9.47 Å². The largest absolute Gasteiger partial charge is 0.496 e. The summed E-state index contributed by atoms with van der Waals surface area (Å²) < 4.78 is 11.3. The third-order valence-corrected chi connectivity index (χ3v) is 4.48. The normalized spacial score (nSPS) is 10.8. The van der Waals surface area contributed by atoms with Crippen LogP contribution in [0.15, 0.2) is 72.8 Å². The molecule has 3 heteroatoms. The summed E-state index contributed by atoms with van der Waals surface area (Å²) in [5.41, 5.74) is 4.85. The Morgan fingerprint density at radius 2 is 1.54 bits per heavy atom. The number of rotatable bonds is 7. The van der Waals surface area contributed by atoms with Crippen LogP contribution in [0.4, 0.5) is 0 Å². The molecule has 0 spiro atoms. The second-order valence-corrected chi connectivity index (χ2v) is 6.74. The number of hydrogen-bond donors (Lipinski definition) is 0. The van der Waals surface area contributed by atoms with Gasteiger partial charge in [0.1, 0.15) is 18.1 Å². The first-order chi connectivity index (χ1) is 13.5. The standard InChI is InChI=1S/C25H24O3/c1-18-4-10-21(11-5-18)24(26)14-8-20-9-15-25(27-3)22(16-20)17-28-23-12-6-19(2)7-13-23/h4-16H,17H2,1-3H3. The second kappa shape index (κ2) is 9.05. The van der Waals surface area contributed by atoms with Crippen LogP contribution >= 0.6 is 0 Å². The van der Waals surface area contributed by atoms with Crippen LogP contribution in [0.1, 0.15) is 32.6 Å². The predicted octanol–water partition coefficient (Wildman–Crippen LogP) is 5.79. The summed E-state index contributed by atoms with van der Waals surface area (Å²) in [6, 6.07) is 21.3. The van der Waals surface area contributed by atoms with E-state index in [4.69, 9.17) is 9.47 Å². The smallest absolute Gasteiger partial charge is 0.185 e. The number of benzene rings is 3. The van der Waals surface area contributed by atoms with Crippen molar-refractivity contribution < 1.29 is 14.3 Å². The fourth-order valence-corrected chi connectivity index (χ4v) is 2.80. The molecule has 0 aliphatic rings. The number of carbonyl (C=O) groups is 1. The van der Waals surface area contributed by atoms with Gasteiger partial charge in [-0.3, -0.25) is 4.79 Å². The molecule has 0 atom stereocenters. The Morgan fingerprint density at radius 1 is 0.893 bits per heavy atom. The average molecular weight is 372 g/mol. The third kappa shape index (κ3) is 5.10. The van der Waals surface area contributed by atoms with Gasteiger partial charge in [-0.1, -0.05) is 59.7 Å². The Kier molecular flexibility index (Phi) is 6.28. The van der Waals surface area contributed by atoms with Gasteiger partial charge in [-0.05, 0) is 49.8 Å². The van der Waals surface area contributed by atoms with Crippen molar-refractivity contribution in [1.82, 2.24) is 0 Å². The van der Waals surface area contributed by atoms with Gasteiger partial charge < -0.3 is 9.47 Å². The zero-order valence-corrected chi connectivity index (χ0v) is 16.4. The molecule has 3 aromatic carbocycles. The molecule has 3 nitrogen and oxygen atoms in total. The first-order valence-electron chi connectivity index (χ1n) is 9.20. The number of allylic oxidation sites excluding steroid dienone is 1. The van der Waals surface area contributed by atoms with E-state index in [0.717, 1.165) is 28.2 Å². The minimum absolute atomic E-state index is 0.0201. The topological polar surface area (TPSA) is 35.5 Å². The first-order valence-corrected chi connectivity index (χ1v) is 9.20. The Labute approximate surface area is 166 Å². The molecule has 0 unspecified atom stereocenters. The molecular weight excluding hydrogens is 348 g/mol. The lowest BCUT2D eigenvalue weighted by Gasteiger charge is -2.11. The van der Waals surface area contributed by atoms with Crippen molar-refractivity contribution in [3.05, 3.63) is 101 Å². The van der Waals surface area contributed by atoms with Gasteiger partial charge >= 0.3 is 0 Å². The number of ketones is 1. The second-order valence-electron chi connectivity index (χ2n) is 6.74. The summed E-state index contributed by atoms with van der Waals surface area (Å²) in [6.07, 6.45) is 3.41. The van der Waals surface area contributed by atoms with Gasteiger partial charge in [-0.15, -0.1) is 0 Å². The summed E-state index contributed by atoms with van der Waals surface area (Å²) in [4.78, 5) is 12.3. The quantitative estimate of drug-likeness (QED) is 0.389. The van der Waals surface area contributed by atoms with E-state index in [9.17, 15) is 4.79 Å². The van der Waals surface area contributed by atoms with Gasteiger partial charge in [-0.2, -0.15) is 0 Å². The molecule has 0 amide bonds. The van der Waals surface area contributed by atoms with Crippen LogP contribution in [-0.2, 0) is 6.61 Å². The minimum atomic E-state index is -0.0201. The molecule has 0 bridgehead atoms. The monoisotopic (exact) mass is 372 g/mol. The maximum absolute atomic E-state index is 12.3. The molecule has 3 rings (SSSR count). The van der Waals surface area contributed by atoms with E-state index in [-0.39, 0.29) is 5.78 Å². The molecule has 0 N–H and O–H groups in total. The number of methoxy groups -OCH3 is 1. The summed E-state index contributed by atoms with van der Waals surface area (Å²) in [6.45, 7) is 4.43. The zero-order chi connectivity index (χ0) is 19.9. The lowest BCUT2D eigenvalue weighted by atomic mass is 10.1. The van der Waals surface area contributed by atoms with Crippen LogP contribution in [0.25, 0.3) is 6.08 Å². The maximum atomic E-state index is 12.3. The van der Waals surface area contributed by atoms with E-state index in [1.165, 1.54) is 5.56 Å². The maximum Gasteiger partial charge on any atom is 0.185 e. The molecular formula is C25H24O3. The molecule has 0 radical (unpaired) electrons. The summed E-state index contributed by atoms with van der Waals surface area (Å²) in [5.74, 6) is 1.55. The van der Waals surface area contributed by atoms with Gasteiger partial charge in [0.15, 0.2) is 5.78 Å². The predicted molar refractivity (Wildman–Crippen MR) is 113 cm³/mol. The van der Waals surface area contributed by atoms with E-state index in [1.807, 2.05) is 86.7 Å². The van der Waals surface area contributed by atoms with E-state index in [0.29, 0.717) is 12.2 Å². The fraction of sp³-hybridized carbons (Fsp3) is 0.160. The molecule has 0 aliphatic carbocycles. The van der Waals surface area contributed by atoms with Gasteiger partial charge in [0, 0.05) is 11.1 Å². The van der Waals surface area contributed by atoms with Crippen LogP contribution in [0.2, 0.25) is 0 Å². The summed E-state index contributed by atoms with van der Waals surface area (Å²) in [7, 11) is 1.64. The van der Waals surface area contributed by atoms with E-state index < -0.39 is 0 Å². The van der Waals surface area contributed by atoms with Gasteiger partial charge in [0.25, 0.3) is 0 Å². The number of hydrogen-bond acceptors (Lipinski definition) is 3. The number of ether oxygens (including phenoxy) is 2. The van der Waals surface area contributed by atoms with E-state index in [2.05, 4.69) is 0 Å². The Bertz CT molecular complexity index is 968. The highest BCUT2D eigenvalue weighted by molar-refractivity contribution is 6.06. The highest BCUT2D eigenvalue weighted by Gasteiger charge is 2.06. The Balaban J connectivity index is 1.73. The van der Waals surface area contributed by atoms with Crippen molar-refractivity contribution in [2.75, 3.05) is 7.11 Å². The van der Waals surface area contributed by atoms with Gasteiger partial charge in [0.2, 0.25) is 0 Å². The molecule has 0 saturated heterocycles. The van der Waals surface area contributed by atoms with Crippen LogP contribution in [0.3, 0.4) is 0 Å². The van der Waals surface area contributed by atoms with Gasteiger partial charge in [0.05, 0.1) is 7.11 Å². The molecule has 0 aliphatic heterocycles. The third-order valence-electron chi connectivity index (χ3n) is 4.48. The molecule has 28 heavy (non-hydrogen) atoms. The lowest BCUT2D eigenvalue weighted by molar-refractivity contribution is 0.104. The summed E-state index contributed by atoms with van der Waals surface area (Å²) >= 11 is 0. The van der Waals surface area contributed by atoms with Crippen molar-refractivity contribution in [3.63, 3.8) is 0 Å². The highest BCUT2D eigenvalue weighted by atomic mass is 16.5. The van der Waals surface area contributed by atoms with Crippen molar-refractivity contribution in [2.45, 2.75) is 20.5 Å². The lowest BCUT2D eigenvalue weighted by Crippen LogP contribution is -1.99. The molecule has 0 aromatic heterocycles. The van der Waals surface area contributed by atoms with E-state index >= 15 is 0 Å². The fourth-order valence-electron chi connectivity index (χ4n) is 2.80. The number of carbonyl (C=O) groups excluding carboxylic acids is 1. The van der Waals surface area contributed by atoms with Crippen LogP contribution in [0.5, 0.6) is 11.5 Å². The molecule has 142 valence electrons. The van der Waals surface area contributed by atoms with E-state index in [1.54, 1.807) is 13.2 Å². The Hall–Kier alpha value is -3.33. The molecule has 3 aromatic rings. The van der Waals surface area contributed by atoms with Crippen LogP contribution in [-0.4, -0.2) is 12.9 Å². The SMILES string of the molecule is COc1ccc(C=CC(=O)c2ccc(C)cc2)cc1COc1ccc(C)cc1. The van der Waals surface area contributed by atoms with Crippen LogP contribution in [0, 0.1) is 13.8 Å². The number of aryl methyl sites for hydroxylation is 2. The van der Waals surface area contributed by atoms with Crippen molar-refractivity contribution in [2.24, 2.45) is 0 Å². The molecule has 0 saturated carbocycles. The van der Waals surface area contributed by atoms with Crippen molar-refractivity contribution in [1.29, 1.82) is 0 Å². The highest BCUT2D eigenvalue weighted by Crippen LogP contribution is 2.23. The minimum Gasteiger partial charge on any atom is -0.496 e. The van der Waals surface area contributed by atoms with Crippen molar-refractivity contribution in [3.8, 4) is 11.5 Å². The summed E-state index contributed by atoms with van der Waals surface area (Å²) in [5, 5.41) is 0. The Morgan fingerprint density at radius 3 is 2.18 bits per heavy atom. The zero-order valence-electron chi connectivity index (χ0n) is 16.4. The molecule has 0 heterocycles. The average Bonchev–Trinajstić information content (AvgIpc) is 2.72.